The Morgan fingerprint density at radius 1 is 1.17 bits per heavy atom. The van der Waals surface area contributed by atoms with E-state index in [1.165, 1.54) is 17.5 Å². The molecule has 0 radical (unpaired) electrons. The van der Waals surface area contributed by atoms with E-state index in [2.05, 4.69) is 17.4 Å². The average molecular weight is 310 g/mol. The van der Waals surface area contributed by atoms with Crippen molar-refractivity contribution in [3.63, 3.8) is 0 Å². The molecule has 0 saturated heterocycles. The third-order valence-corrected chi connectivity index (χ3v) is 4.09. The van der Waals surface area contributed by atoms with Gasteiger partial charge in [-0.2, -0.15) is 0 Å². The van der Waals surface area contributed by atoms with Crippen LogP contribution in [-0.4, -0.2) is 24.1 Å². The Morgan fingerprint density at radius 3 is 2.78 bits per heavy atom. The first-order valence-electron chi connectivity index (χ1n) is 8.25. The van der Waals surface area contributed by atoms with Crippen LogP contribution in [0.5, 0.6) is 0 Å². The third kappa shape index (κ3) is 3.89. The predicted molar refractivity (Wildman–Crippen MR) is 90.9 cm³/mol. The van der Waals surface area contributed by atoms with Crippen molar-refractivity contribution in [2.75, 3.05) is 18.5 Å². The summed E-state index contributed by atoms with van der Waals surface area (Å²) in [4.78, 5) is 16.3. The largest absolute Gasteiger partial charge is 0.462 e. The lowest BCUT2D eigenvalue weighted by atomic mass is 10.0. The lowest BCUT2D eigenvalue weighted by Crippen LogP contribution is -2.14. The number of aromatic nitrogens is 1. The molecule has 4 heteroatoms. The highest BCUT2D eigenvalue weighted by molar-refractivity contribution is 5.89. The first-order valence-corrected chi connectivity index (χ1v) is 8.25. The van der Waals surface area contributed by atoms with Gasteiger partial charge in [0.05, 0.1) is 12.2 Å². The molecule has 3 rings (SSSR count). The summed E-state index contributed by atoms with van der Waals surface area (Å²) in [6, 6.07) is 11.9. The molecule has 2 heterocycles. The smallest absolute Gasteiger partial charge is 0.338 e. The Bertz CT molecular complexity index is 680. The summed E-state index contributed by atoms with van der Waals surface area (Å²) in [5, 5.41) is 3.37. The Balaban J connectivity index is 1.61. The van der Waals surface area contributed by atoms with Crippen molar-refractivity contribution in [1.29, 1.82) is 0 Å². The molecule has 1 aliphatic rings. The number of rotatable bonds is 5. The Hall–Kier alpha value is -2.36. The SMILES string of the molecule is CCOC(=O)c1ccc(CCc2ccc3c(n2)NCCC3)cc1. The zero-order valence-electron chi connectivity index (χ0n) is 13.5. The van der Waals surface area contributed by atoms with Gasteiger partial charge in [-0.3, -0.25) is 0 Å². The maximum atomic E-state index is 11.6. The van der Waals surface area contributed by atoms with E-state index in [-0.39, 0.29) is 5.97 Å². The number of carbonyl (C=O) groups excluding carboxylic acids is 1. The molecule has 0 fully saturated rings. The monoisotopic (exact) mass is 310 g/mol. The normalized spacial score (nSPS) is 13.1. The second kappa shape index (κ2) is 7.27. The van der Waals surface area contributed by atoms with E-state index < -0.39 is 0 Å². The lowest BCUT2D eigenvalue weighted by molar-refractivity contribution is 0.0526. The number of nitrogens with zero attached hydrogens (tertiary/aromatic N) is 1. The molecule has 23 heavy (non-hydrogen) atoms. The van der Waals surface area contributed by atoms with Crippen LogP contribution in [0.15, 0.2) is 36.4 Å². The number of nitrogens with one attached hydrogen (secondary N) is 1. The van der Waals surface area contributed by atoms with Crippen molar-refractivity contribution in [1.82, 2.24) is 4.98 Å². The van der Waals surface area contributed by atoms with Crippen molar-refractivity contribution in [3.8, 4) is 0 Å². The number of hydrogen-bond acceptors (Lipinski definition) is 4. The van der Waals surface area contributed by atoms with E-state index in [0.717, 1.165) is 37.3 Å². The molecule has 0 saturated carbocycles. The van der Waals surface area contributed by atoms with Gasteiger partial charge < -0.3 is 10.1 Å². The van der Waals surface area contributed by atoms with Crippen LogP contribution in [0, 0.1) is 0 Å². The van der Waals surface area contributed by atoms with E-state index in [0.29, 0.717) is 12.2 Å². The van der Waals surface area contributed by atoms with Crippen LogP contribution in [0.3, 0.4) is 0 Å². The number of benzene rings is 1. The molecule has 0 atom stereocenters. The Labute approximate surface area is 136 Å². The zero-order chi connectivity index (χ0) is 16.1. The van der Waals surface area contributed by atoms with Gasteiger partial charge in [-0.25, -0.2) is 9.78 Å². The number of anilines is 1. The van der Waals surface area contributed by atoms with E-state index in [1.807, 2.05) is 31.2 Å². The van der Waals surface area contributed by atoms with E-state index >= 15 is 0 Å². The fourth-order valence-corrected chi connectivity index (χ4v) is 2.80. The second-order valence-electron chi connectivity index (χ2n) is 5.76. The minimum atomic E-state index is -0.263. The van der Waals surface area contributed by atoms with Crippen molar-refractivity contribution < 1.29 is 9.53 Å². The number of aryl methyl sites for hydroxylation is 3. The maximum absolute atomic E-state index is 11.6. The van der Waals surface area contributed by atoms with Gasteiger partial charge in [-0.1, -0.05) is 18.2 Å². The second-order valence-corrected chi connectivity index (χ2v) is 5.76. The summed E-state index contributed by atoms with van der Waals surface area (Å²) >= 11 is 0. The molecule has 120 valence electrons. The number of hydrogen-bond donors (Lipinski definition) is 1. The summed E-state index contributed by atoms with van der Waals surface area (Å²) in [5.74, 6) is 0.785. The van der Waals surface area contributed by atoms with Gasteiger partial charge in [0.1, 0.15) is 5.82 Å². The minimum absolute atomic E-state index is 0.263. The van der Waals surface area contributed by atoms with Crippen LogP contribution in [-0.2, 0) is 24.0 Å². The van der Waals surface area contributed by atoms with Crippen LogP contribution in [0.2, 0.25) is 0 Å². The van der Waals surface area contributed by atoms with Crippen molar-refractivity contribution >= 4 is 11.8 Å². The molecular weight excluding hydrogens is 288 g/mol. The highest BCUT2D eigenvalue weighted by atomic mass is 16.5. The van der Waals surface area contributed by atoms with Crippen LogP contribution < -0.4 is 5.32 Å². The number of ether oxygens (including phenoxy) is 1. The van der Waals surface area contributed by atoms with Gasteiger partial charge in [0.15, 0.2) is 0 Å². The van der Waals surface area contributed by atoms with E-state index in [9.17, 15) is 4.79 Å². The number of carbonyl (C=O) groups is 1. The number of pyridine rings is 1. The van der Waals surface area contributed by atoms with Gasteiger partial charge in [0.2, 0.25) is 0 Å². The van der Waals surface area contributed by atoms with Crippen LogP contribution in [0.25, 0.3) is 0 Å². The molecule has 1 aromatic heterocycles. The molecule has 0 spiro atoms. The molecule has 4 nitrogen and oxygen atoms in total. The minimum Gasteiger partial charge on any atom is -0.462 e. The van der Waals surface area contributed by atoms with Gasteiger partial charge in [0, 0.05) is 12.2 Å². The molecule has 1 aromatic carbocycles. The quantitative estimate of drug-likeness (QED) is 0.860. The van der Waals surface area contributed by atoms with Crippen LogP contribution >= 0.6 is 0 Å². The maximum Gasteiger partial charge on any atom is 0.338 e. The number of esters is 1. The van der Waals surface area contributed by atoms with Gasteiger partial charge in [-0.15, -0.1) is 0 Å². The molecule has 1 N–H and O–H groups in total. The summed E-state index contributed by atoms with van der Waals surface area (Å²) in [6.45, 7) is 3.23. The van der Waals surface area contributed by atoms with Gasteiger partial charge in [-0.05, 0) is 61.9 Å². The highest BCUT2D eigenvalue weighted by Gasteiger charge is 2.10. The first kappa shape index (κ1) is 15.5. The summed E-state index contributed by atoms with van der Waals surface area (Å²) in [5.41, 5.74) is 4.23. The van der Waals surface area contributed by atoms with Gasteiger partial charge in [0.25, 0.3) is 0 Å². The van der Waals surface area contributed by atoms with Crippen molar-refractivity contribution in [2.24, 2.45) is 0 Å². The molecule has 0 unspecified atom stereocenters. The van der Waals surface area contributed by atoms with E-state index in [4.69, 9.17) is 9.72 Å². The Kier molecular flexibility index (Phi) is 4.91. The summed E-state index contributed by atoms with van der Waals surface area (Å²) in [6.07, 6.45) is 4.11. The topological polar surface area (TPSA) is 51.2 Å². The molecular formula is C19H22N2O2. The molecule has 0 bridgehead atoms. The van der Waals surface area contributed by atoms with Crippen molar-refractivity contribution in [2.45, 2.75) is 32.6 Å². The van der Waals surface area contributed by atoms with Gasteiger partial charge >= 0.3 is 5.97 Å². The first-order chi connectivity index (χ1) is 11.3. The highest BCUT2D eigenvalue weighted by Crippen LogP contribution is 2.20. The lowest BCUT2D eigenvalue weighted by Gasteiger charge is -2.17. The molecule has 1 aliphatic heterocycles. The van der Waals surface area contributed by atoms with Crippen molar-refractivity contribution in [3.05, 3.63) is 58.8 Å². The fraction of sp³-hybridized carbons (Fsp3) is 0.368. The Morgan fingerprint density at radius 2 is 2.00 bits per heavy atom. The summed E-state index contributed by atoms with van der Waals surface area (Å²) < 4.78 is 4.99. The number of fused-ring (bicyclic) bond motifs is 1. The molecule has 0 aliphatic carbocycles. The molecule has 0 amide bonds. The van der Waals surface area contributed by atoms with Crippen LogP contribution in [0.1, 0.15) is 40.5 Å². The standard InChI is InChI=1S/C19H22N2O2/c1-2-23-19(22)16-8-5-14(6-9-16)7-11-17-12-10-15-4-3-13-20-18(15)21-17/h5-6,8-10,12H,2-4,7,11,13H2,1H3,(H,20,21). The summed E-state index contributed by atoms with van der Waals surface area (Å²) in [7, 11) is 0. The zero-order valence-corrected chi connectivity index (χ0v) is 13.5. The molecule has 2 aromatic rings. The third-order valence-electron chi connectivity index (χ3n) is 4.09. The average Bonchev–Trinajstić information content (AvgIpc) is 2.60. The predicted octanol–water partition coefficient (Wildman–Crippen LogP) is 3.40. The fourth-order valence-electron chi connectivity index (χ4n) is 2.80. The van der Waals surface area contributed by atoms with Crippen LogP contribution in [0.4, 0.5) is 5.82 Å². The van der Waals surface area contributed by atoms with E-state index in [1.54, 1.807) is 0 Å².